The fourth-order valence-electron chi connectivity index (χ4n) is 1.83. The van der Waals surface area contributed by atoms with Gasteiger partial charge in [-0.05, 0) is 25.5 Å². The lowest BCUT2D eigenvalue weighted by Gasteiger charge is -2.09. The van der Waals surface area contributed by atoms with E-state index < -0.39 is 0 Å². The monoisotopic (exact) mass is 306 g/mol. The molecular weight excluding hydrogens is 287 g/mol. The van der Waals surface area contributed by atoms with Crippen molar-refractivity contribution in [3.05, 3.63) is 35.5 Å². The number of halogens is 1. The molecule has 1 aromatic heterocycles. The molecule has 1 heterocycles. The van der Waals surface area contributed by atoms with E-state index in [-0.39, 0.29) is 24.2 Å². The van der Waals surface area contributed by atoms with Crippen molar-refractivity contribution in [2.75, 3.05) is 6.54 Å². The highest BCUT2D eigenvalue weighted by atomic mass is 19.1. The number of nitrogens with one attached hydrogen (secondary N) is 1. The predicted octanol–water partition coefficient (Wildman–Crippen LogP) is 1.58. The highest BCUT2D eigenvalue weighted by molar-refractivity contribution is 5.76. The molecule has 0 aliphatic carbocycles. The minimum atomic E-state index is -0.320. The first-order valence-electron chi connectivity index (χ1n) is 7.08. The number of nitrogens with two attached hydrogens (primary N) is 1. The fourth-order valence-corrected chi connectivity index (χ4v) is 1.83. The third-order valence-corrected chi connectivity index (χ3v) is 3.22. The molecule has 0 aliphatic heterocycles. The molecular formula is C15H19FN4O2. The summed E-state index contributed by atoms with van der Waals surface area (Å²) in [4.78, 5) is 15.8. The molecule has 0 saturated carbocycles. The second-order valence-corrected chi connectivity index (χ2v) is 5.18. The predicted molar refractivity (Wildman–Crippen MR) is 79.4 cm³/mol. The van der Waals surface area contributed by atoms with Gasteiger partial charge in [-0.3, -0.25) is 4.79 Å². The minimum absolute atomic E-state index is 0.0683. The third kappa shape index (κ3) is 4.11. The number of aromatic nitrogens is 2. The van der Waals surface area contributed by atoms with Gasteiger partial charge in [0.25, 0.3) is 0 Å². The molecule has 0 radical (unpaired) electrons. The van der Waals surface area contributed by atoms with Crippen LogP contribution in [0.1, 0.15) is 24.8 Å². The van der Waals surface area contributed by atoms with Crippen molar-refractivity contribution in [3.8, 4) is 11.4 Å². The molecule has 2 rings (SSSR count). The maximum Gasteiger partial charge on any atom is 0.227 e. The highest BCUT2D eigenvalue weighted by Crippen LogP contribution is 2.19. The number of hydrogen-bond acceptors (Lipinski definition) is 5. The molecule has 2 aromatic rings. The van der Waals surface area contributed by atoms with Crippen LogP contribution in [-0.2, 0) is 11.2 Å². The zero-order chi connectivity index (χ0) is 16.1. The van der Waals surface area contributed by atoms with Gasteiger partial charge in [-0.1, -0.05) is 17.3 Å². The lowest BCUT2D eigenvalue weighted by Crippen LogP contribution is -2.37. The van der Waals surface area contributed by atoms with Gasteiger partial charge in [0.2, 0.25) is 17.6 Å². The third-order valence-electron chi connectivity index (χ3n) is 3.22. The largest absolute Gasteiger partial charge is 0.352 e. The Labute approximate surface area is 127 Å². The van der Waals surface area contributed by atoms with Crippen molar-refractivity contribution in [1.82, 2.24) is 15.5 Å². The van der Waals surface area contributed by atoms with E-state index in [1.807, 2.05) is 6.92 Å². The van der Waals surface area contributed by atoms with Crippen LogP contribution in [0, 0.1) is 12.7 Å². The van der Waals surface area contributed by atoms with Crippen LogP contribution < -0.4 is 11.1 Å². The summed E-state index contributed by atoms with van der Waals surface area (Å²) in [6.45, 7) is 3.89. The van der Waals surface area contributed by atoms with Crippen LogP contribution in [0.2, 0.25) is 0 Å². The molecule has 0 spiro atoms. The maximum absolute atomic E-state index is 13.5. The fraction of sp³-hybridized carbons (Fsp3) is 0.400. The van der Waals surface area contributed by atoms with E-state index in [1.165, 1.54) is 6.07 Å². The summed E-state index contributed by atoms with van der Waals surface area (Å²) < 4.78 is 18.6. The number of benzene rings is 1. The Kier molecular flexibility index (Phi) is 5.21. The molecule has 1 amide bonds. The zero-order valence-electron chi connectivity index (χ0n) is 12.6. The SMILES string of the molecule is Cc1ccc(-c2noc(CCC(=O)N[C@@H](C)CN)n2)cc1F. The summed E-state index contributed by atoms with van der Waals surface area (Å²) in [5.74, 6) is 0.203. The topological polar surface area (TPSA) is 94.0 Å². The quantitative estimate of drug-likeness (QED) is 0.845. The van der Waals surface area contributed by atoms with Gasteiger partial charge in [-0.15, -0.1) is 0 Å². The van der Waals surface area contributed by atoms with Crippen LogP contribution in [0.5, 0.6) is 0 Å². The molecule has 1 aromatic carbocycles. The molecule has 118 valence electrons. The number of amides is 1. The molecule has 3 N–H and O–H groups in total. The van der Waals surface area contributed by atoms with E-state index in [0.29, 0.717) is 35.8 Å². The van der Waals surface area contributed by atoms with Crippen molar-refractivity contribution in [2.45, 2.75) is 32.7 Å². The van der Waals surface area contributed by atoms with E-state index in [1.54, 1.807) is 19.1 Å². The summed E-state index contributed by atoms with van der Waals surface area (Å²) in [6, 6.07) is 4.67. The molecule has 0 fully saturated rings. The number of rotatable bonds is 6. The van der Waals surface area contributed by atoms with Gasteiger partial charge < -0.3 is 15.6 Å². The van der Waals surface area contributed by atoms with Crippen molar-refractivity contribution < 1.29 is 13.7 Å². The summed E-state index contributed by atoms with van der Waals surface area (Å²) in [5, 5.41) is 6.56. The molecule has 6 nitrogen and oxygen atoms in total. The van der Waals surface area contributed by atoms with Crippen LogP contribution in [0.25, 0.3) is 11.4 Å². The van der Waals surface area contributed by atoms with E-state index in [4.69, 9.17) is 10.3 Å². The first-order valence-corrected chi connectivity index (χ1v) is 7.08. The number of carbonyl (C=O) groups is 1. The Hall–Kier alpha value is -2.28. The number of aryl methyl sites for hydroxylation is 2. The number of nitrogens with zero attached hydrogens (tertiary/aromatic N) is 2. The average molecular weight is 306 g/mol. The molecule has 0 aliphatic rings. The standard InChI is InChI=1S/C15H19FN4O2/c1-9-3-4-11(7-12(9)16)15-19-14(22-20-15)6-5-13(21)18-10(2)8-17/h3-4,7,10H,5-6,8,17H2,1-2H3,(H,18,21)/t10-/m0/s1. The maximum atomic E-state index is 13.5. The van der Waals surface area contributed by atoms with Gasteiger partial charge in [0.15, 0.2) is 0 Å². The second-order valence-electron chi connectivity index (χ2n) is 5.18. The smallest absolute Gasteiger partial charge is 0.227 e. The lowest BCUT2D eigenvalue weighted by atomic mass is 10.1. The number of hydrogen-bond donors (Lipinski definition) is 2. The summed E-state index contributed by atoms with van der Waals surface area (Å²) >= 11 is 0. The Bertz CT molecular complexity index is 657. The van der Waals surface area contributed by atoms with Crippen molar-refractivity contribution in [3.63, 3.8) is 0 Å². The molecule has 0 bridgehead atoms. The van der Waals surface area contributed by atoms with Crippen LogP contribution >= 0.6 is 0 Å². The van der Waals surface area contributed by atoms with E-state index >= 15 is 0 Å². The molecule has 7 heteroatoms. The normalized spacial score (nSPS) is 12.2. The second kappa shape index (κ2) is 7.13. The molecule has 0 unspecified atom stereocenters. The van der Waals surface area contributed by atoms with E-state index in [2.05, 4.69) is 15.5 Å². The molecule has 0 saturated heterocycles. The Morgan fingerprint density at radius 1 is 1.50 bits per heavy atom. The van der Waals surface area contributed by atoms with Crippen LogP contribution in [0.4, 0.5) is 4.39 Å². The van der Waals surface area contributed by atoms with Crippen molar-refractivity contribution in [1.29, 1.82) is 0 Å². The van der Waals surface area contributed by atoms with Crippen LogP contribution in [0.15, 0.2) is 22.7 Å². The van der Waals surface area contributed by atoms with Crippen LogP contribution in [-0.4, -0.2) is 28.6 Å². The Balaban J connectivity index is 1.96. The van der Waals surface area contributed by atoms with Gasteiger partial charge in [0.05, 0.1) is 0 Å². The first kappa shape index (κ1) is 16.1. The van der Waals surface area contributed by atoms with Gasteiger partial charge >= 0.3 is 0 Å². The van der Waals surface area contributed by atoms with Gasteiger partial charge in [0, 0.05) is 31.0 Å². The number of carbonyl (C=O) groups excluding carboxylic acids is 1. The van der Waals surface area contributed by atoms with Gasteiger partial charge in [0.1, 0.15) is 5.82 Å². The van der Waals surface area contributed by atoms with Gasteiger partial charge in [-0.2, -0.15) is 4.98 Å². The first-order chi connectivity index (χ1) is 10.5. The molecule has 1 atom stereocenters. The highest BCUT2D eigenvalue weighted by Gasteiger charge is 2.12. The Morgan fingerprint density at radius 3 is 2.95 bits per heavy atom. The summed E-state index contributed by atoms with van der Waals surface area (Å²) in [6.07, 6.45) is 0.554. The summed E-state index contributed by atoms with van der Waals surface area (Å²) in [5.41, 5.74) is 6.53. The van der Waals surface area contributed by atoms with Crippen molar-refractivity contribution in [2.24, 2.45) is 5.73 Å². The lowest BCUT2D eigenvalue weighted by molar-refractivity contribution is -0.121. The van der Waals surface area contributed by atoms with E-state index in [0.717, 1.165) is 0 Å². The van der Waals surface area contributed by atoms with E-state index in [9.17, 15) is 9.18 Å². The minimum Gasteiger partial charge on any atom is -0.352 e. The Morgan fingerprint density at radius 2 is 2.27 bits per heavy atom. The molecule has 22 heavy (non-hydrogen) atoms. The summed E-state index contributed by atoms with van der Waals surface area (Å²) in [7, 11) is 0. The zero-order valence-corrected chi connectivity index (χ0v) is 12.6. The van der Waals surface area contributed by atoms with Crippen molar-refractivity contribution >= 4 is 5.91 Å². The van der Waals surface area contributed by atoms with Gasteiger partial charge in [-0.25, -0.2) is 4.39 Å². The average Bonchev–Trinajstić information content (AvgIpc) is 2.96. The van der Waals surface area contributed by atoms with Crippen LogP contribution in [0.3, 0.4) is 0 Å².